The lowest BCUT2D eigenvalue weighted by atomic mass is 9.44. The summed E-state index contributed by atoms with van der Waals surface area (Å²) in [6, 6.07) is 9.89. The Balaban J connectivity index is 1.03. The van der Waals surface area contributed by atoms with Crippen LogP contribution in [0.25, 0.3) is 0 Å². The molecular formula is C41H69N5O3. The second-order valence-corrected chi connectivity index (χ2v) is 16.6. The van der Waals surface area contributed by atoms with Crippen LogP contribution in [0.5, 0.6) is 0 Å². The van der Waals surface area contributed by atoms with Gasteiger partial charge in [-0.3, -0.25) is 4.79 Å². The number of nitrogens with one attached hydrogen (secondary N) is 4. The molecule has 8 heteroatoms. The van der Waals surface area contributed by atoms with E-state index >= 15 is 0 Å². The van der Waals surface area contributed by atoms with Crippen LogP contribution in [0.15, 0.2) is 30.3 Å². The van der Waals surface area contributed by atoms with Crippen molar-refractivity contribution in [3.63, 3.8) is 0 Å². The number of methoxy groups -OCH3 is 1. The van der Waals surface area contributed by atoms with E-state index in [-0.39, 0.29) is 11.9 Å². The van der Waals surface area contributed by atoms with Crippen molar-refractivity contribution in [3.05, 3.63) is 35.9 Å². The van der Waals surface area contributed by atoms with Crippen molar-refractivity contribution < 1.29 is 14.3 Å². The Morgan fingerprint density at radius 2 is 1.59 bits per heavy atom. The largest absolute Gasteiger partial charge is 0.467 e. The zero-order valence-electron chi connectivity index (χ0n) is 31.1. The maximum Gasteiger partial charge on any atom is 0.328 e. The molecule has 0 heterocycles. The quantitative estimate of drug-likeness (QED) is 0.0956. The van der Waals surface area contributed by atoms with Crippen molar-refractivity contribution in [2.24, 2.45) is 46.2 Å². The van der Waals surface area contributed by atoms with Crippen molar-refractivity contribution in [2.75, 3.05) is 46.4 Å². The lowest BCUT2D eigenvalue weighted by Gasteiger charge is -2.61. The molecule has 4 fully saturated rings. The van der Waals surface area contributed by atoms with E-state index in [1.807, 2.05) is 30.3 Å². The number of nitrogens with two attached hydrogens (primary N) is 1. The predicted molar refractivity (Wildman–Crippen MR) is 199 cm³/mol. The number of esters is 1. The number of amides is 1. The zero-order valence-corrected chi connectivity index (χ0v) is 31.1. The van der Waals surface area contributed by atoms with Crippen molar-refractivity contribution in [3.8, 4) is 0 Å². The molecular weight excluding hydrogens is 610 g/mol. The Hall–Kier alpha value is -2.00. The first-order valence-corrected chi connectivity index (χ1v) is 20.0. The summed E-state index contributed by atoms with van der Waals surface area (Å²) in [5.41, 5.74) is 7.49. The molecule has 0 saturated heterocycles. The molecule has 276 valence electrons. The molecule has 1 aromatic rings. The average Bonchev–Trinajstić information content (AvgIpc) is 3.44. The van der Waals surface area contributed by atoms with Crippen LogP contribution in [0.1, 0.15) is 109 Å². The average molecular weight is 680 g/mol. The van der Waals surface area contributed by atoms with Gasteiger partial charge >= 0.3 is 5.97 Å². The molecule has 0 bridgehead atoms. The van der Waals surface area contributed by atoms with E-state index in [2.05, 4.69) is 35.1 Å². The fourth-order valence-corrected chi connectivity index (χ4v) is 11.2. The number of hydrogen-bond donors (Lipinski definition) is 5. The summed E-state index contributed by atoms with van der Waals surface area (Å²) in [5.74, 6) is 3.77. The highest BCUT2D eigenvalue weighted by atomic mass is 16.5. The third kappa shape index (κ3) is 9.66. The first kappa shape index (κ1) is 38.2. The van der Waals surface area contributed by atoms with Gasteiger partial charge in [-0.1, -0.05) is 44.2 Å². The molecule has 5 rings (SSSR count). The van der Waals surface area contributed by atoms with Gasteiger partial charge in [0.15, 0.2) is 0 Å². The highest BCUT2D eigenvalue weighted by molar-refractivity contribution is 5.84. The summed E-state index contributed by atoms with van der Waals surface area (Å²) in [7, 11) is 1.39. The lowest BCUT2D eigenvalue weighted by molar-refractivity contribution is -0.145. The van der Waals surface area contributed by atoms with Crippen LogP contribution in [-0.2, 0) is 20.7 Å². The molecule has 9 unspecified atom stereocenters. The molecule has 0 aliphatic heterocycles. The van der Waals surface area contributed by atoms with Crippen LogP contribution in [0.3, 0.4) is 0 Å². The van der Waals surface area contributed by atoms with Gasteiger partial charge in [0.2, 0.25) is 5.91 Å². The molecule has 1 aromatic carbocycles. The summed E-state index contributed by atoms with van der Waals surface area (Å²) in [6.45, 7) is 11.3. The van der Waals surface area contributed by atoms with Gasteiger partial charge in [-0.05, 0) is 156 Å². The summed E-state index contributed by atoms with van der Waals surface area (Å²) in [6.07, 6.45) is 17.6. The van der Waals surface area contributed by atoms with Gasteiger partial charge in [0, 0.05) is 32.0 Å². The van der Waals surface area contributed by atoms with E-state index in [1.165, 1.54) is 71.3 Å². The Morgan fingerprint density at radius 1 is 0.857 bits per heavy atom. The third-order valence-corrected chi connectivity index (χ3v) is 13.9. The maximum atomic E-state index is 13.0. The van der Waals surface area contributed by atoms with E-state index < -0.39 is 6.04 Å². The Labute approximate surface area is 297 Å². The lowest BCUT2D eigenvalue weighted by Crippen LogP contribution is -2.55. The fourth-order valence-electron chi connectivity index (χ4n) is 11.2. The molecule has 49 heavy (non-hydrogen) atoms. The van der Waals surface area contributed by atoms with Crippen LogP contribution >= 0.6 is 0 Å². The highest BCUT2D eigenvalue weighted by Crippen LogP contribution is 2.67. The minimum atomic E-state index is -0.641. The molecule has 0 radical (unpaired) electrons. The van der Waals surface area contributed by atoms with Gasteiger partial charge in [-0.25, -0.2) is 4.79 Å². The zero-order chi connectivity index (χ0) is 34.7. The molecule has 4 aliphatic rings. The minimum absolute atomic E-state index is 0.0370. The Bertz CT molecular complexity index is 1170. The minimum Gasteiger partial charge on any atom is -0.467 e. The summed E-state index contributed by atoms with van der Waals surface area (Å²) in [4.78, 5) is 25.4. The van der Waals surface area contributed by atoms with Gasteiger partial charge < -0.3 is 31.7 Å². The predicted octanol–water partition coefficient (Wildman–Crippen LogP) is 5.59. The van der Waals surface area contributed by atoms with Gasteiger partial charge in [-0.15, -0.1) is 0 Å². The first-order chi connectivity index (χ1) is 23.8. The SMILES string of the molecule is COC(=O)C(Cc1ccccc1)NC(=O)CCCC1CCC2C3CCC4CC(NCCCNCCNCCCN)CCC4(C)C3CCC12C. The molecule has 0 aromatic heterocycles. The van der Waals surface area contributed by atoms with Crippen LogP contribution < -0.4 is 27.0 Å². The molecule has 0 spiro atoms. The highest BCUT2D eigenvalue weighted by Gasteiger charge is 2.59. The van der Waals surface area contributed by atoms with Gasteiger partial charge in [-0.2, -0.15) is 0 Å². The molecule has 4 saturated carbocycles. The molecule has 8 nitrogen and oxygen atoms in total. The maximum absolute atomic E-state index is 13.0. The van der Waals surface area contributed by atoms with Crippen LogP contribution in [0, 0.1) is 40.4 Å². The topological polar surface area (TPSA) is 118 Å². The second kappa shape index (κ2) is 18.5. The van der Waals surface area contributed by atoms with E-state index in [1.54, 1.807) is 0 Å². The van der Waals surface area contributed by atoms with Gasteiger partial charge in [0.1, 0.15) is 6.04 Å². The number of benzene rings is 1. The molecule has 6 N–H and O–H groups in total. The number of rotatable bonds is 19. The standard InChI is InChI=1S/C41H69N5O3/c1-40-21-19-36-34(16-14-32-29-33(18-20-41(32,36)2)45-25-9-24-44-27-26-43-23-8-22-42)35(40)17-15-31(40)12-7-13-38(47)46-37(39(48)49-3)28-30-10-5-4-6-11-30/h4-6,10-11,31-37,43-45H,7-9,12-29,42H2,1-3H3,(H,46,47). The third-order valence-electron chi connectivity index (χ3n) is 13.9. The Kier molecular flexibility index (Phi) is 14.4. The second-order valence-electron chi connectivity index (χ2n) is 16.6. The van der Waals surface area contributed by atoms with Gasteiger partial charge in [0.25, 0.3) is 0 Å². The van der Waals surface area contributed by atoms with Gasteiger partial charge in [0.05, 0.1) is 7.11 Å². The van der Waals surface area contributed by atoms with E-state index in [0.29, 0.717) is 35.6 Å². The summed E-state index contributed by atoms with van der Waals surface area (Å²) >= 11 is 0. The van der Waals surface area contributed by atoms with Crippen LogP contribution in [0.4, 0.5) is 0 Å². The van der Waals surface area contributed by atoms with E-state index in [0.717, 1.165) is 87.8 Å². The van der Waals surface area contributed by atoms with Crippen LogP contribution in [0.2, 0.25) is 0 Å². The number of ether oxygens (including phenoxy) is 1. The molecule has 1 amide bonds. The number of fused-ring (bicyclic) bond motifs is 5. The van der Waals surface area contributed by atoms with E-state index in [9.17, 15) is 9.59 Å². The summed E-state index contributed by atoms with van der Waals surface area (Å²) < 4.78 is 5.01. The number of hydrogen-bond acceptors (Lipinski definition) is 7. The van der Waals surface area contributed by atoms with Crippen molar-refractivity contribution >= 4 is 11.9 Å². The van der Waals surface area contributed by atoms with Crippen molar-refractivity contribution in [2.45, 2.75) is 122 Å². The molecule has 9 atom stereocenters. The molecule has 4 aliphatic carbocycles. The first-order valence-electron chi connectivity index (χ1n) is 20.0. The van der Waals surface area contributed by atoms with E-state index in [4.69, 9.17) is 10.5 Å². The smallest absolute Gasteiger partial charge is 0.328 e. The number of carbonyl (C=O) groups is 2. The van der Waals surface area contributed by atoms with Crippen molar-refractivity contribution in [1.82, 2.24) is 21.3 Å². The fraction of sp³-hybridized carbons (Fsp3) is 0.805. The Morgan fingerprint density at radius 3 is 2.35 bits per heavy atom. The normalized spacial score (nSPS) is 32.8. The number of carbonyl (C=O) groups excluding carboxylic acids is 2. The van der Waals surface area contributed by atoms with Crippen molar-refractivity contribution in [1.29, 1.82) is 0 Å². The summed E-state index contributed by atoms with van der Waals surface area (Å²) in [5, 5.41) is 13.9. The monoisotopic (exact) mass is 680 g/mol. The van der Waals surface area contributed by atoms with Crippen LogP contribution in [-0.4, -0.2) is 70.3 Å².